The summed E-state index contributed by atoms with van der Waals surface area (Å²) >= 11 is 0. The summed E-state index contributed by atoms with van der Waals surface area (Å²) in [6, 6.07) is 3.33. The van der Waals surface area contributed by atoms with Crippen LogP contribution in [0.3, 0.4) is 0 Å². The third-order valence-corrected chi connectivity index (χ3v) is 2.12. The lowest BCUT2D eigenvalue weighted by Gasteiger charge is -2.09. The van der Waals surface area contributed by atoms with E-state index in [9.17, 15) is 4.39 Å². The number of halogens is 1. The highest BCUT2D eigenvalue weighted by molar-refractivity contribution is 5.34. The largest absolute Gasteiger partial charge is 0.316 e. The van der Waals surface area contributed by atoms with E-state index in [2.05, 4.69) is 5.32 Å². The van der Waals surface area contributed by atoms with Gasteiger partial charge in [-0.3, -0.25) is 0 Å². The maximum atomic E-state index is 13.1. The lowest BCUT2D eigenvalue weighted by molar-refractivity contribution is 0.612. The average Bonchev–Trinajstić information content (AvgIpc) is 2.06. The van der Waals surface area contributed by atoms with Crippen LogP contribution in [-0.4, -0.2) is 7.05 Å². The Morgan fingerprint density at radius 2 is 2.00 bits per heavy atom. The Kier molecular flexibility index (Phi) is 2.82. The summed E-state index contributed by atoms with van der Waals surface area (Å²) in [6.45, 7) is 4.55. The zero-order valence-electron chi connectivity index (χ0n) is 7.74. The van der Waals surface area contributed by atoms with Gasteiger partial charge in [-0.15, -0.1) is 0 Å². The molecule has 0 spiro atoms. The third-order valence-electron chi connectivity index (χ3n) is 2.12. The van der Waals surface area contributed by atoms with Gasteiger partial charge in [0.05, 0.1) is 0 Å². The van der Waals surface area contributed by atoms with Crippen LogP contribution >= 0.6 is 0 Å². The number of nitrogens with one attached hydrogen (secondary N) is 1. The zero-order chi connectivity index (χ0) is 9.14. The third kappa shape index (κ3) is 1.64. The first kappa shape index (κ1) is 9.20. The second kappa shape index (κ2) is 3.68. The van der Waals surface area contributed by atoms with Crippen molar-refractivity contribution >= 4 is 0 Å². The van der Waals surface area contributed by atoms with Gasteiger partial charge in [0.25, 0.3) is 0 Å². The van der Waals surface area contributed by atoms with E-state index in [1.165, 1.54) is 6.07 Å². The van der Waals surface area contributed by atoms with E-state index in [0.717, 1.165) is 23.2 Å². The maximum Gasteiger partial charge on any atom is 0.126 e. The number of benzene rings is 1. The van der Waals surface area contributed by atoms with Crippen molar-refractivity contribution in [3.05, 3.63) is 34.6 Å². The Bertz CT molecular complexity index is 281. The van der Waals surface area contributed by atoms with Crippen molar-refractivity contribution in [2.75, 3.05) is 7.05 Å². The first-order valence-electron chi connectivity index (χ1n) is 4.06. The van der Waals surface area contributed by atoms with Crippen LogP contribution in [-0.2, 0) is 6.54 Å². The molecule has 0 bridgehead atoms. The van der Waals surface area contributed by atoms with Crippen LogP contribution in [0.1, 0.15) is 16.7 Å². The van der Waals surface area contributed by atoms with Gasteiger partial charge in [0, 0.05) is 6.54 Å². The Hall–Kier alpha value is -0.890. The van der Waals surface area contributed by atoms with Crippen LogP contribution in [0.2, 0.25) is 0 Å². The molecule has 0 aliphatic rings. The van der Waals surface area contributed by atoms with Gasteiger partial charge in [-0.05, 0) is 43.7 Å². The summed E-state index contributed by atoms with van der Waals surface area (Å²) in [7, 11) is 1.86. The van der Waals surface area contributed by atoms with Crippen molar-refractivity contribution < 1.29 is 4.39 Å². The summed E-state index contributed by atoms with van der Waals surface area (Å²) in [4.78, 5) is 0. The van der Waals surface area contributed by atoms with Gasteiger partial charge in [-0.2, -0.15) is 0 Å². The normalized spacial score (nSPS) is 10.3. The molecule has 1 rings (SSSR count). The van der Waals surface area contributed by atoms with Crippen molar-refractivity contribution in [1.29, 1.82) is 0 Å². The maximum absolute atomic E-state index is 13.1. The molecule has 1 N–H and O–H groups in total. The fourth-order valence-electron chi connectivity index (χ4n) is 1.31. The highest BCUT2D eigenvalue weighted by Gasteiger charge is 2.05. The Labute approximate surface area is 72.6 Å². The molecule has 1 aromatic carbocycles. The molecule has 0 saturated carbocycles. The molecule has 0 unspecified atom stereocenters. The number of hydrogen-bond donors (Lipinski definition) is 1. The second-order valence-corrected chi connectivity index (χ2v) is 3.00. The first-order chi connectivity index (χ1) is 5.66. The van der Waals surface area contributed by atoms with E-state index in [-0.39, 0.29) is 5.82 Å². The Balaban J connectivity index is 3.14. The van der Waals surface area contributed by atoms with Gasteiger partial charge in [0.2, 0.25) is 0 Å². The van der Waals surface area contributed by atoms with Crippen molar-refractivity contribution in [3.63, 3.8) is 0 Å². The van der Waals surface area contributed by atoms with Crippen molar-refractivity contribution in [1.82, 2.24) is 5.32 Å². The molecule has 1 aromatic rings. The van der Waals surface area contributed by atoms with Gasteiger partial charge in [0.15, 0.2) is 0 Å². The summed E-state index contributed by atoms with van der Waals surface area (Å²) in [5.41, 5.74) is 2.96. The quantitative estimate of drug-likeness (QED) is 0.711. The molecule has 0 saturated heterocycles. The van der Waals surface area contributed by atoms with E-state index < -0.39 is 0 Å². The van der Waals surface area contributed by atoms with Crippen LogP contribution in [0.25, 0.3) is 0 Å². The monoisotopic (exact) mass is 167 g/mol. The van der Waals surface area contributed by atoms with Crippen LogP contribution in [0.4, 0.5) is 4.39 Å². The number of hydrogen-bond acceptors (Lipinski definition) is 1. The first-order valence-corrected chi connectivity index (χ1v) is 4.06. The fraction of sp³-hybridized carbons (Fsp3) is 0.400. The van der Waals surface area contributed by atoms with Crippen LogP contribution in [0, 0.1) is 19.7 Å². The molecule has 0 fully saturated rings. The molecule has 0 aromatic heterocycles. The predicted molar refractivity (Wildman–Crippen MR) is 48.6 cm³/mol. The van der Waals surface area contributed by atoms with Crippen LogP contribution < -0.4 is 5.32 Å². The molecule has 0 aliphatic carbocycles. The molecule has 12 heavy (non-hydrogen) atoms. The molecule has 0 aliphatic heterocycles. The van der Waals surface area contributed by atoms with Crippen molar-refractivity contribution in [2.24, 2.45) is 0 Å². The SMILES string of the molecule is CNCc1c(C)ccc(F)c1C. The molecule has 0 heterocycles. The van der Waals surface area contributed by atoms with Gasteiger partial charge >= 0.3 is 0 Å². The molecule has 1 nitrogen and oxygen atoms in total. The van der Waals surface area contributed by atoms with Gasteiger partial charge < -0.3 is 5.32 Å². The smallest absolute Gasteiger partial charge is 0.126 e. The van der Waals surface area contributed by atoms with E-state index in [0.29, 0.717) is 0 Å². The van der Waals surface area contributed by atoms with E-state index in [1.807, 2.05) is 27.0 Å². The fourth-order valence-corrected chi connectivity index (χ4v) is 1.31. The highest BCUT2D eigenvalue weighted by Crippen LogP contribution is 2.16. The second-order valence-electron chi connectivity index (χ2n) is 3.00. The van der Waals surface area contributed by atoms with Crippen molar-refractivity contribution in [3.8, 4) is 0 Å². The molecule has 66 valence electrons. The molecule has 0 amide bonds. The van der Waals surface area contributed by atoms with E-state index in [4.69, 9.17) is 0 Å². The van der Waals surface area contributed by atoms with Crippen LogP contribution in [0.15, 0.2) is 12.1 Å². The Morgan fingerprint density at radius 1 is 1.33 bits per heavy atom. The Morgan fingerprint density at radius 3 is 2.58 bits per heavy atom. The lowest BCUT2D eigenvalue weighted by atomic mass is 10.0. The summed E-state index contributed by atoms with van der Waals surface area (Å²) in [5, 5.41) is 3.03. The minimum Gasteiger partial charge on any atom is -0.316 e. The summed E-state index contributed by atoms with van der Waals surface area (Å²) < 4.78 is 13.1. The summed E-state index contributed by atoms with van der Waals surface area (Å²) in [6.07, 6.45) is 0. The molecule has 0 radical (unpaired) electrons. The topological polar surface area (TPSA) is 12.0 Å². The van der Waals surface area contributed by atoms with E-state index >= 15 is 0 Å². The average molecular weight is 167 g/mol. The minimum absolute atomic E-state index is 0.120. The molecule has 0 atom stereocenters. The summed E-state index contributed by atoms with van der Waals surface area (Å²) in [5.74, 6) is -0.120. The molecular weight excluding hydrogens is 153 g/mol. The van der Waals surface area contributed by atoms with Crippen LogP contribution in [0.5, 0.6) is 0 Å². The predicted octanol–water partition coefficient (Wildman–Crippen LogP) is 2.16. The van der Waals surface area contributed by atoms with Gasteiger partial charge in [-0.25, -0.2) is 4.39 Å². The molecular formula is C10H14FN. The lowest BCUT2D eigenvalue weighted by Crippen LogP contribution is -2.09. The van der Waals surface area contributed by atoms with Crippen molar-refractivity contribution in [2.45, 2.75) is 20.4 Å². The highest BCUT2D eigenvalue weighted by atomic mass is 19.1. The van der Waals surface area contributed by atoms with Gasteiger partial charge in [-0.1, -0.05) is 6.07 Å². The zero-order valence-corrected chi connectivity index (χ0v) is 7.74. The molecule has 2 heteroatoms. The number of aryl methyl sites for hydroxylation is 1. The standard InChI is InChI=1S/C10H14FN/c1-7-4-5-10(11)8(2)9(7)6-12-3/h4-5,12H,6H2,1-3H3. The van der Waals surface area contributed by atoms with E-state index in [1.54, 1.807) is 0 Å². The minimum atomic E-state index is -0.120. The van der Waals surface area contributed by atoms with Gasteiger partial charge in [0.1, 0.15) is 5.82 Å². The number of rotatable bonds is 2.